The Morgan fingerprint density at radius 3 is 2.50 bits per heavy atom. The minimum atomic E-state index is -4.74. The summed E-state index contributed by atoms with van der Waals surface area (Å²) in [7, 11) is 0. The maximum absolute atomic E-state index is 12.3. The second-order valence-corrected chi connectivity index (χ2v) is 5.73. The number of nitrogens with zero attached hydrogens (tertiary/aromatic N) is 4. The molecule has 0 bridgehead atoms. The lowest BCUT2D eigenvalue weighted by Gasteiger charge is -2.32. The first-order chi connectivity index (χ1) is 12.4. The molecule has 138 valence electrons. The summed E-state index contributed by atoms with van der Waals surface area (Å²) < 4.78 is 40.2. The number of rotatable bonds is 4. The van der Waals surface area contributed by atoms with Crippen molar-refractivity contribution < 1.29 is 22.7 Å². The van der Waals surface area contributed by atoms with Gasteiger partial charge in [-0.3, -0.25) is 9.78 Å². The van der Waals surface area contributed by atoms with Crippen molar-refractivity contribution in [2.45, 2.75) is 25.2 Å². The summed E-state index contributed by atoms with van der Waals surface area (Å²) in [4.78, 5) is 25.8. The number of ether oxygens (including phenoxy) is 1. The first-order valence-electron chi connectivity index (χ1n) is 7.94. The molecule has 0 aromatic carbocycles. The highest BCUT2D eigenvalue weighted by Gasteiger charge is 2.31. The van der Waals surface area contributed by atoms with E-state index in [1.54, 1.807) is 4.90 Å². The SMILES string of the molecule is O=C(c1cnccn1)N1CCC(Nc2ccc(OC(F)(F)F)cn2)CC1. The fourth-order valence-electron chi connectivity index (χ4n) is 2.67. The zero-order chi connectivity index (χ0) is 18.6. The summed E-state index contributed by atoms with van der Waals surface area (Å²) in [5.41, 5.74) is 0.306. The minimum absolute atomic E-state index is 0.0720. The van der Waals surface area contributed by atoms with Gasteiger partial charge in [0.25, 0.3) is 5.91 Å². The molecule has 0 unspecified atom stereocenters. The van der Waals surface area contributed by atoms with Gasteiger partial charge in [-0.25, -0.2) is 9.97 Å². The second kappa shape index (κ2) is 7.54. The number of piperidine rings is 1. The number of hydrogen-bond acceptors (Lipinski definition) is 6. The third kappa shape index (κ3) is 4.80. The van der Waals surface area contributed by atoms with E-state index < -0.39 is 6.36 Å². The van der Waals surface area contributed by atoms with Crippen molar-refractivity contribution in [3.63, 3.8) is 0 Å². The predicted octanol–water partition coefficient (Wildman–Crippen LogP) is 2.49. The first-order valence-corrected chi connectivity index (χ1v) is 7.94. The van der Waals surface area contributed by atoms with E-state index in [0.717, 1.165) is 6.20 Å². The van der Waals surface area contributed by atoms with E-state index in [4.69, 9.17) is 0 Å². The average Bonchev–Trinajstić information content (AvgIpc) is 2.63. The number of aromatic nitrogens is 3. The molecule has 1 aliphatic heterocycles. The van der Waals surface area contributed by atoms with Gasteiger partial charge in [0.15, 0.2) is 0 Å². The molecule has 0 aliphatic carbocycles. The van der Waals surface area contributed by atoms with Crippen LogP contribution < -0.4 is 10.1 Å². The predicted molar refractivity (Wildman–Crippen MR) is 85.5 cm³/mol. The lowest BCUT2D eigenvalue weighted by atomic mass is 10.0. The highest BCUT2D eigenvalue weighted by molar-refractivity contribution is 5.92. The van der Waals surface area contributed by atoms with Gasteiger partial charge in [0.2, 0.25) is 0 Å². The number of halogens is 3. The molecule has 10 heteroatoms. The maximum Gasteiger partial charge on any atom is 0.573 e. The van der Waals surface area contributed by atoms with Crippen molar-refractivity contribution in [2.75, 3.05) is 18.4 Å². The summed E-state index contributed by atoms with van der Waals surface area (Å²) in [6.45, 7) is 1.09. The van der Waals surface area contributed by atoms with Crippen LogP contribution in [0.4, 0.5) is 19.0 Å². The zero-order valence-electron chi connectivity index (χ0n) is 13.6. The van der Waals surface area contributed by atoms with E-state index in [0.29, 0.717) is 37.4 Å². The molecule has 0 spiro atoms. The standard InChI is InChI=1S/C16H16F3N5O2/c17-16(18,19)26-12-1-2-14(22-9-12)23-11-3-7-24(8-4-11)15(25)13-10-20-5-6-21-13/h1-2,5-6,9-11H,3-4,7-8H2,(H,22,23). The molecule has 2 aromatic rings. The number of carbonyl (C=O) groups is 1. The van der Waals surface area contributed by atoms with Gasteiger partial charge in [0.1, 0.15) is 17.3 Å². The van der Waals surface area contributed by atoms with E-state index in [-0.39, 0.29) is 17.7 Å². The van der Waals surface area contributed by atoms with E-state index in [1.165, 1.54) is 30.7 Å². The Kier molecular flexibility index (Phi) is 5.19. The van der Waals surface area contributed by atoms with Crippen LogP contribution in [0.25, 0.3) is 0 Å². The van der Waals surface area contributed by atoms with Crippen molar-refractivity contribution in [1.29, 1.82) is 0 Å². The fraction of sp³-hybridized carbons (Fsp3) is 0.375. The number of anilines is 1. The smallest absolute Gasteiger partial charge is 0.404 e. The van der Waals surface area contributed by atoms with Crippen LogP contribution in [0.1, 0.15) is 23.3 Å². The molecule has 1 fully saturated rings. The van der Waals surface area contributed by atoms with Gasteiger partial charge < -0.3 is 15.0 Å². The van der Waals surface area contributed by atoms with E-state index in [9.17, 15) is 18.0 Å². The maximum atomic E-state index is 12.3. The van der Waals surface area contributed by atoms with Crippen LogP contribution in [0.5, 0.6) is 5.75 Å². The van der Waals surface area contributed by atoms with Crippen molar-refractivity contribution in [3.05, 3.63) is 42.6 Å². The molecular formula is C16H16F3N5O2. The largest absolute Gasteiger partial charge is 0.573 e. The molecule has 0 saturated carbocycles. The molecule has 7 nitrogen and oxygen atoms in total. The van der Waals surface area contributed by atoms with Gasteiger partial charge in [0.05, 0.1) is 12.4 Å². The number of carbonyl (C=O) groups excluding carboxylic acids is 1. The molecule has 1 aliphatic rings. The first kappa shape index (κ1) is 17.9. The Balaban J connectivity index is 1.50. The fourth-order valence-corrected chi connectivity index (χ4v) is 2.67. The van der Waals surface area contributed by atoms with Gasteiger partial charge in [0, 0.05) is 31.5 Å². The highest BCUT2D eigenvalue weighted by Crippen LogP contribution is 2.23. The average molecular weight is 367 g/mol. The second-order valence-electron chi connectivity index (χ2n) is 5.73. The number of alkyl halides is 3. The molecule has 1 N–H and O–H groups in total. The van der Waals surface area contributed by atoms with Crippen LogP contribution in [0, 0.1) is 0 Å². The Hall–Kier alpha value is -2.91. The highest BCUT2D eigenvalue weighted by atomic mass is 19.4. The molecule has 26 heavy (non-hydrogen) atoms. The van der Waals surface area contributed by atoms with Crippen LogP contribution in [0.2, 0.25) is 0 Å². The zero-order valence-corrected chi connectivity index (χ0v) is 13.6. The molecule has 2 aromatic heterocycles. The summed E-state index contributed by atoms with van der Waals surface area (Å²) >= 11 is 0. The van der Waals surface area contributed by atoms with Gasteiger partial charge in [-0.1, -0.05) is 0 Å². The van der Waals surface area contributed by atoms with E-state index in [2.05, 4.69) is 25.0 Å². The van der Waals surface area contributed by atoms with Crippen LogP contribution in [-0.2, 0) is 0 Å². The Bertz CT molecular complexity index is 732. The third-order valence-electron chi connectivity index (χ3n) is 3.89. The van der Waals surface area contributed by atoms with E-state index in [1.807, 2.05) is 0 Å². The van der Waals surface area contributed by atoms with E-state index >= 15 is 0 Å². The van der Waals surface area contributed by atoms with Crippen molar-refractivity contribution in [1.82, 2.24) is 19.9 Å². The number of hydrogen-bond donors (Lipinski definition) is 1. The van der Waals surface area contributed by atoms with Crippen molar-refractivity contribution in [3.8, 4) is 5.75 Å². The summed E-state index contributed by atoms with van der Waals surface area (Å²) in [6.07, 6.45) is 2.07. The molecule has 1 saturated heterocycles. The van der Waals surface area contributed by atoms with Crippen molar-refractivity contribution >= 4 is 11.7 Å². The number of likely N-dealkylation sites (tertiary alicyclic amines) is 1. The molecule has 1 amide bonds. The molecule has 0 atom stereocenters. The molecule has 3 rings (SSSR count). The third-order valence-corrected chi connectivity index (χ3v) is 3.89. The summed E-state index contributed by atoms with van der Waals surface area (Å²) in [5.74, 6) is -0.0750. The van der Waals surface area contributed by atoms with Crippen LogP contribution in [0.3, 0.4) is 0 Å². The Labute approximate surface area is 147 Å². The number of amides is 1. The normalized spacial score (nSPS) is 15.6. The topological polar surface area (TPSA) is 80.2 Å². The van der Waals surface area contributed by atoms with Gasteiger partial charge in [-0.2, -0.15) is 0 Å². The monoisotopic (exact) mass is 367 g/mol. The Morgan fingerprint density at radius 1 is 1.15 bits per heavy atom. The lowest BCUT2D eigenvalue weighted by Crippen LogP contribution is -2.42. The van der Waals surface area contributed by atoms with Crippen LogP contribution in [0.15, 0.2) is 36.9 Å². The van der Waals surface area contributed by atoms with Gasteiger partial charge >= 0.3 is 6.36 Å². The molecule has 3 heterocycles. The number of nitrogens with one attached hydrogen (secondary N) is 1. The Morgan fingerprint density at radius 2 is 1.92 bits per heavy atom. The van der Waals surface area contributed by atoms with Gasteiger partial charge in [-0.15, -0.1) is 13.2 Å². The molecular weight excluding hydrogens is 351 g/mol. The summed E-state index contributed by atoms with van der Waals surface area (Å²) in [6, 6.07) is 2.70. The van der Waals surface area contributed by atoms with Crippen molar-refractivity contribution in [2.24, 2.45) is 0 Å². The summed E-state index contributed by atoms with van der Waals surface area (Å²) in [5, 5.41) is 3.16. The lowest BCUT2D eigenvalue weighted by molar-refractivity contribution is -0.274. The molecule has 0 radical (unpaired) electrons. The minimum Gasteiger partial charge on any atom is -0.404 e. The van der Waals surface area contributed by atoms with Crippen LogP contribution >= 0.6 is 0 Å². The number of pyridine rings is 1. The van der Waals surface area contributed by atoms with Crippen LogP contribution in [-0.4, -0.2) is 51.3 Å². The van der Waals surface area contributed by atoms with Gasteiger partial charge in [-0.05, 0) is 25.0 Å². The quantitative estimate of drug-likeness (QED) is 0.894.